The molecule has 5 heteroatoms. The van der Waals surface area contributed by atoms with Crippen LogP contribution in [-0.2, 0) is 17.7 Å². The molecule has 3 rings (SSSR count). The standard InChI is InChI=1S/C14H22N4O/c1-10(2)18-5-6-19-13(9-18)14-16-8-11-7-15-4-3-12(11)17-14/h8,10,13,15H,3-7,9H2,1-2H3. The number of hydrogen-bond donors (Lipinski definition) is 1. The summed E-state index contributed by atoms with van der Waals surface area (Å²) in [6, 6.07) is 0.549. The van der Waals surface area contributed by atoms with Crippen LogP contribution in [0.15, 0.2) is 6.20 Å². The van der Waals surface area contributed by atoms with Crippen LogP contribution >= 0.6 is 0 Å². The third-order valence-corrected chi connectivity index (χ3v) is 3.94. The molecule has 0 radical (unpaired) electrons. The Morgan fingerprint density at radius 3 is 3.21 bits per heavy atom. The fourth-order valence-electron chi connectivity index (χ4n) is 2.70. The number of nitrogens with one attached hydrogen (secondary N) is 1. The second-order valence-corrected chi connectivity index (χ2v) is 5.58. The highest BCUT2D eigenvalue weighted by Gasteiger charge is 2.26. The van der Waals surface area contributed by atoms with Crippen molar-refractivity contribution in [1.29, 1.82) is 0 Å². The van der Waals surface area contributed by atoms with Gasteiger partial charge < -0.3 is 10.1 Å². The first kappa shape index (κ1) is 13.0. The number of aromatic nitrogens is 2. The maximum Gasteiger partial charge on any atom is 0.158 e. The van der Waals surface area contributed by atoms with E-state index in [1.54, 1.807) is 0 Å². The lowest BCUT2D eigenvalue weighted by Crippen LogP contribution is -2.42. The van der Waals surface area contributed by atoms with Crippen molar-refractivity contribution in [1.82, 2.24) is 20.2 Å². The summed E-state index contributed by atoms with van der Waals surface area (Å²) >= 11 is 0. The van der Waals surface area contributed by atoms with Crippen molar-refractivity contribution in [2.75, 3.05) is 26.2 Å². The Labute approximate surface area is 114 Å². The van der Waals surface area contributed by atoms with Gasteiger partial charge in [0.1, 0.15) is 6.10 Å². The molecule has 1 unspecified atom stereocenters. The molecule has 0 amide bonds. The lowest BCUT2D eigenvalue weighted by atomic mass is 10.1. The fourth-order valence-corrected chi connectivity index (χ4v) is 2.70. The van der Waals surface area contributed by atoms with Crippen LogP contribution in [0.4, 0.5) is 0 Å². The zero-order valence-electron chi connectivity index (χ0n) is 11.7. The van der Waals surface area contributed by atoms with Gasteiger partial charge in [0.15, 0.2) is 5.82 Å². The Morgan fingerprint density at radius 1 is 1.47 bits per heavy atom. The second-order valence-electron chi connectivity index (χ2n) is 5.58. The highest BCUT2D eigenvalue weighted by molar-refractivity contribution is 5.21. The number of morpholine rings is 1. The minimum atomic E-state index is 0.0244. The van der Waals surface area contributed by atoms with Crippen molar-refractivity contribution in [3.05, 3.63) is 23.3 Å². The zero-order chi connectivity index (χ0) is 13.2. The van der Waals surface area contributed by atoms with Gasteiger partial charge in [-0.2, -0.15) is 0 Å². The maximum absolute atomic E-state index is 5.85. The van der Waals surface area contributed by atoms with E-state index in [0.717, 1.165) is 45.0 Å². The molecule has 5 nitrogen and oxygen atoms in total. The van der Waals surface area contributed by atoms with Gasteiger partial charge in [-0.1, -0.05) is 0 Å². The van der Waals surface area contributed by atoms with Crippen LogP contribution in [0, 0.1) is 0 Å². The van der Waals surface area contributed by atoms with E-state index < -0.39 is 0 Å². The van der Waals surface area contributed by atoms with E-state index in [1.165, 1.54) is 11.3 Å². The highest BCUT2D eigenvalue weighted by atomic mass is 16.5. The third-order valence-electron chi connectivity index (χ3n) is 3.94. The Hall–Kier alpha value is -1.04. The number of ether oxygens (including phenoxy) is 1. The summed E-state index contributed by atoms with van der Waals surface area (Å²) in [4.78, 5) is 11.7. The smallest absolute Gasteiger partial charge is 0.158 e. The molecule has 3 heterocycles. The molecule has 0 aliphatic carbocycles. The van der Waals surface area contributed by atoms with Crippen LogP contribution < -0.4 is 5.32 Å². The third kappa shape index (κ3) is 2.78. The van der Waals surface area contributed by atoms with Gasteiger partial charge in [-0.25, -0.2) is 9.97 Å². The Balaban J connectivity index is 1.78. The van der Waals surface area contributed by atoms with Crippen molar-refractivity contribution in [3.63, 3.8) is 0 Å². The van der Waals surface area contributed by atoms with Gasteiger partial charge in [0.2, 0.25) is 0 Å². The van der Waals surface area contributed by atoms with Gasteiger partial charge in [0.05, 0.1) is 6.61 Å². The molecule has 2 aliphatic heterocycles. The Morgan fingerprint density at radius 2 is 2.37 bits per heavy atom. The fraction of sp³-hybridized carbons (Fsp3) is 0.714. The lowest BCUT2D eigenvalue weighted by Gasteiger charge is -2.35. The summed E-state index contributed by atoms with van der Waals surface area (Å²) in [7, 11) is 0. The normalized spacial score (nSPS) is 24.5. The van der Waals surface area contributed by atoms with Gasteiger partial charge in [0, 0.05) is 56.1 Å². The predicted molar refractivity (Wildman–Crippen MR) is 72.8 cm³/mol. The van der Waals surface area contributed by atoms with Gasteiger partial charge >= 0.3 is 0 Å². The summed E-state index contributed by atoms with van der Waals surface area (Å²) < 4.78 is 5.85. The van der Waals surface area contributed by atoms with Crippen molar-refractivity contribution >= 4 is 0 Å². The number of rotatable bonds is 2. The van der Waals surface area contributed by atoms with Crippen LogP contribution in [0.2, 0.25) is 0 Å². The van der Waals surface area contributed by atoms with E-state index in [2.05, 4.69) is 29.0 Å². The first-order chi connectivity index (χ1) is 9.24. The molecule has 1 fully saturated rings. The largest absolute Gasteiger partial charge is 0.368 e. The van der Waals surface area contributed by atoms with Crippen LogP contribution in [-0.4, -0.2) is 47.2 Å². The molecule has 0 aromatic carbocycles. The Kier molecular flexibility index (Phi) is 3.77. The minimum absolute atomic E-state index is 0.0244. The van der Waals surface area contributed by atoms with Crippen molar-refractivity contribution in [2.24, 2.45) is 0 Å². The van der Waals surface area contributed by atoms with Gasteiger partial charge in [-0.3, -0.25) is 4.90 Å². The van der Waals surface area contributed by atoms with Crippen LogP contribution in [0.3, 0.4) is 0 Å². The molecule has 1 saturated heterocycles. The van der Waals surface area contributed by atoms with E-state index in [-0.39, 0.29) is 6.10 Å². The molecule has 0 bridgehead atoms. The quantitative estimate of drug-likeness (QED) is 0.858. The maximum atomic E-state index is 5.85. The van der Waals surface area contributed by atoms with Crippen LogP contribution in [0.5, 0.6) is 0 Å². The summed E-state index contributed by atoms with van der Waals surface area (Å²) in [5.74, 6) is 0.853. The molecule has 2 aliphatic rings. The molecule has 1 N–H and O–H groups in total. The highest BCUT2D eigenvalue weighted by Crippen LogP contribution is 2.22. The molecule has 0 spiro atoms. The average molecular weight is 262 g/mol. The molecule has 104 valence electrons. The van der Waals surface area contributed by atoms with Crippen molar-refractivity contribution in [2.45, 2.75) is 39.0 Å². The molecule has 1 aromatic rings. The van der Waals surface area contributed by atoms with Crippen LogP contribution in [0.25, 0.3) is 0 Å². The number of hydrogen-bond acceptors (Lipinski definition) is 5. The lowest BCUT2D eigenvalue weighted by molar-refractivity contribution is -0.0444. The van der Waals surface area contributed by atoms with E-state index in [0.29, 0.717) is 6.04 Å². The summed E-state index contributed by atoms with van der Waals surface area (Å²) in [5, 5.41) is 3.34. The van der Waals surface area contributed by atoms with Crippen molar-refractivity contribution < 1.29 is 4.74 Å². The summed E-state index contributed by atoms with van der Waals surface area (Å²) in [6.45, 7) is 9.01. The first-order valence-electron chi connectivity index (χ1n) is 7.15. The monoisotopic (exact) mass is 262 g/mol. The van der Waals surface area contributed by atoms with Crippen LogP contribution in [0.1, 0.15) is 37.0 Å². The molecule has 0 saturated carbocycles. The van der Waals surface area contributed by atoms with Gasteiger partial charge in [-0.05, 0) is 13.8 Å². The molecular weight excluding hydrogens is 240 g/mol. The minimum Gasteiger partial charge on any atom is -0.368 e. The van der Waals surface area contributed by atoms with E-state index in [1.807, 2.05) is 6.20 Å². The van der Waals surface area contributed by atoms with E-state index in [4.69, 9.17) is 9.72 Å². The molecule has 1 atom stereocenters. The first-order valence-corrected chi connectivity index (χ1v) is 7.15. The predicted octanol–water partition coefficient (Wildman–Crippen LogP) is 0.904. The number of nitrogens with zero attached hydrogens (tertiary/aromatic N) is 3. The Bertz CT molecular complexity index is 449. The average Bonchev–Trinajstić information content (AvgIpc) is 2.47. The topological polar surface area (TPSA) is 50.3 Å². The summed E-state index contributed by atoms with van der Waals surface area (Å²) in [6.07, 6.45) is 2.98. The van der Waals surface area contributed by atoms with E-state index >= 15 is 0 Å². The molecule has 1 aromatic heterocycles. The molecular formula is C14H22N4O. The van der Waals surface area contributed by atoms with Gasteiger partial charge in [0.25, 0.3) is 0 Å². The second kappa shape index (κ2) is 5.53. The van der Waals surface area contributed by atoms with Gasteiger partial charge in [-0.15, -0.1) is 0 Å². The van der Waals surface area contributed by atoms with E-state index in [9.17, 15) is 0 Å². The summed E-state index contributed by atoms with van der Waals surface area (Å²) in [5.41, 5.74) is 2.42. The SMILES string of the molecule is CC(C)N1CCOC(c2ncc3c(n2)CCNC3)C1. The zero-order valence-corrected chi connectivity index (χ0v) is 11.7. The number of fused-ring (bicyclic) bond motifs is 1. The van der Waals surface area contributed by atoms with Crippen molar-refractivity contribution in [3.8, 4) is 0 Å². The molecule has 19 heavy (non-hydrogen) atoms.